The minimum absolute atomic E-state index is 0.158. The van der Waals surface area contributed by atoms with Gasteiger partial charge in [0.2, 0.25) is 0 Å². The summed E-state index contributed by atoms with van der Waals surface area (Å²) in [5.41, 5.74) is 2.84. The van der Waals surface area contributed by atoms with Gasteiger partial charge in [-0.3, -0.25) is 9.78 Å². The molecule has 3 rings (SSSR count). The molecule has 4 heteroatoms. The van der Waals surface area contributed by atoms with Crippen molar-refractivity contribution in [1.82, 2.24) is 4.98 Å². The number of aromatic nitrogens is 1. The highest BCUT2D eigenvalue weighted by Crippen LogP contribution is 2.22. The molecule has 22 heavy (non-hydrogen) atoms. The first kappa shape index (κ1) is 14.1. The number of benzene rings is 2. The summed E-state index contributed by atoms with van der Waals surface area (Å²) in [6.07, 6.45) is 0. The van der Waals surface area contributed by atoms with Crippen LogP contribution in [0.2, 0.25) is 0 Å². The van der Waals surface area contributed by atoms with Gasteiger partial charge in [0.25, 0.3) is 5.91 Å². The fraction of sp³-hybridized carbons (Fsp3) is 0.111. The van der Waals surface area contributed by atoms with Gasteiger partial charge in [0, 0.05) is 17.1 Å². The van der Waals surface area contributed by atoms with Crippen LogP contribution in [0.25, 0.3) is 10.9 Å². The molecule has 0 fully saturated rings. The number of carbonyl (C=O) groups excluding carboxylic acids is 1. The summed E-state index contributed by atoms with van der Waals surface area (Å²) in [5.74, 6) is 0.592. The Bertz CT molecular complexity index is 829. The van der Waals surface area contributed by atoms with Gasteiger partial charge in [-0.05, 0) is 37.3 Å². The number of methoxy groups -OCH3 is 1. The summed E-state index contributed by atoms with van der Waals surface area (Å²) >= 11 is 0. The molecule has 1 N–H and O–H groups in total. The third-order valence-corrected chi connectivity index (χ3v) is 3.49. The van der Waals surface area contributed by atoms with Crippen molar-refractivity contribution in [3.05, 3.63) is 65.9 Å². The molecule has 4 nitrogen and oxygen atoms in total. The Labute approximate surface area is 128 Å². The van der Waals surface area contributed by atoms with Crippen LogP contribution >= 0.6 is 0 Å². The molecule has 0 radical (unpaired) electrons. The number of aryl methyl sites for hydroxylation is 1. The van der Waals surface area contributed by atoms with Crippen molar-refractivity contribution in [3.63, 3.8) is 0 Å². The maximum Gasteiger partial charge on any atom is 0.257 e. The molecule has 0 bridgehead atoms. The van der Waals surface area contributed by atoms with Gasteiger partial charge in [0.1, 0.15) is 5.75 Å². The number of carbonyl (C=O) groups is 1. The monoisotopic (exact) mass is 292 g/mol. The van der Waals surface area contributed by atoms with Crippen LogP contribution in [0.3, 0.4) is 0 Å². The molecule has 0 aliphatic carbocycles. The Kier molecular flexibility index (Phi) is 3.74. The van der Waals surface area contributed by atoms with Crippen molar-refractivity contribution in [3.8, 4) is 5.75 Å². The second-order valence-corrected chi connectivity index (χ2v) is 5.00. The van der Waals surface area contributed by atoms with E-state index in [1.54, 1.807) is 7.11 Å². The standard InChI is InChI=1S/C18H16N2O2/c1-12-16(18(21)20-14-6-4-3-5-7-14)10-13-8-9-15(22-2)11-17(13)19-12/h3-11H,1-2H3,(H,20,21). The predicted molar refractivity (Wildman–Crippen MR) is 87.4 cm³/mol. The first-order chi connectivity index (χ1) is 10.7. The van der Waals surface area contributed by atoms with E-state index in [1.165, 1.54) is 0 Å². The molecule has 0 aliphatic rings. The summed E-state index contributed by atoms with van der Waals surface area (Å²) in [7, 11) is 1.62. The highest BCUT2D eigenvalue weighted by atomic mass is 16.5. The fourth-order valence-corrected chi connectivity index (χ4v) is 2.32. The van der Waals surface area contributed by atoms with Gasteiger partial charge in [-0.2, -0.15) is 0 Å². The van der Waals surface area contributed by atoms with Crippen LogP contribution in [0.15, 0.2) is 54.6 Å². The van der Waals surface area contributed by atoms with Crippen LogP contribution in [0.5, 0.6) is 5.75 Å². The van der Waals surface area contributed by atoms with Crippen LogP contribution < -0.4 is 10.1 Å². The largest absolute Gasteiger partial charge is 0.497 e. The number of nitrogens with zero attached hydrogens (tertiary/aromatic N) is 1. The van der Waals surface area contributed by atoms with E-state index in [2.05, 4.69) is 10.3 Å². The van der Waals surface area contributed by atoms with Gasteiger partial charge in [0.05, 0.1) is 23.9 Å². The minimum atomic E-state index is -0.158. The van der Waals surface area contributed by atoms with Gasteiger partial charge < -0.3 is 10.1 Å². The third kappa shape index (κ3) is 2.76. The third-order valence-electron chi connectivity index (χ3n) is 3.49. The number of amides is 1. The molecular formula is C18H16N2O2. The SMILES string of the molecule is COc1ccc2cc(C(=O)Nc3ccccc3)c(C)nc2c1. The number of hydrogen-bond acceptors (Lipinski definition) is 3. The molecule has 0 saturated heterocycles. The summed E-state index contributed by atoms with van der Waals surface area (Å²) in [5, 5.41) is 3.79. The molecule has 0 unspecified atom stereocenters. The van der Waals surface area contributed by atoms with Crippen molar-refractivity contribution < 1.29 is 9.53 Å². The van der Waals surface area contributed by atoms with Crippen LogP contribution in [-0.4, -0.2) is 18.0 Å². The van der Waals surface area contributed by atoms with Crippen molar-refractivity contribution in [2.75, 3.05) is 12.4 Å². The van der Waals surface area contributed by atoms with Gasteiger partial charge in [-0.15, -0.1) is 0 Å². The van der Waals surface area contributed by atoms with Gasteiger partial charge in [-0.1, -0.05) is 18.2 Å². The number of hydrogen-bond donors (Lipinski definition) is 1. The van der Waals surface area contributed by atoms with Crippen LogP contribution in [0, 0.1) is 6.92 Å². The Morgan fingerprint density at radius 3 is 2.59 bits per heavy atom. The Morgan fingerprint density at radius 1 is 1.09 bits per heavy atom. The highest BCUT2D eigenvalue weighted by Gasteiger charge is 2.12. The number of anilines is 1. The fourth-order valence-electron chi connectivity index (χ4n) is 2.32. The lowest BCUT2D eigenvalue weighted by atomic mass is 10.1. The molecule has 1 heterocycles. The van der Waals surface area contributed by atoms with Crippen molar-refractivity contribution >= 4 is 22.5 Å². The molecule has 110 valence electrons. The second-order valence-electron chi connectivity index (χ2n) is 5.00. The van der Waals surface area contributed by atoms with Crippen molar-refractivity contribution in [2.24, 2.45) is 0 Å². The van der Waals surface area contributed by atoms with E-state index < -0.39 is 0 Å². The number of fused-ring (bicyclic) bond motifs is 1. The normalized spacial score (nSPS) is 10.5. The maximum atomic E-state index is 12.4. The molecule has 0 aliphatic heterocycles. The molecule has 1 aromatic heterocycles. The lowest BCUT2D eigenvalue weighted by Gasteiger charge is -2.09. The van der Waals surface area contributed by atoms with Crippen molar-refractivity contribution in [1.29, 1.82) is 0 Å². The topological polar surface area (TPSA) is 51.2 Å². The van der Waals surface area contributed by atoms with E-state index >= 15 is 0 Å². The first-order valence-electron chi connectivity index (χ1n) is 6.99. The number of para-hydroxylation sites is 1. The zero-order chi connectivity index (χ0) is 15.5. The van der Waals surface area contributed by atoms with Crippen LogP contribution in [0.1, 0.15) is 16.1 Å². The molecule has 3 aromatic rings. The number of ether oxygens (including phenoxy) is 1. The average Bonchev–Trinajstić information content (AvgIpc) is 2.54. The molecule has 0 atom stereocenters. The summed E-state index contributed by atoms with van der Waals surface area (Å²) in [4.78, 5) is 16.9. The minimum Gasteiger partial charge on any atom is -0.497 e. The van der Waals surface area contributed by atoms with Crippen LogP contribution in [0.4, 0.5) is 5.69 Å². The van der Waals surface area contributed by atoms with E-state index in [0.717, 1.165) is 22.3 Å². The Hall–Kier alpha value is -2.88. The van der Waals surface area contributed by atoms with Crippen LogP contribution in [-0.2, 0) is 0 Å². The molecule has 0 spiro atoms. The zero-order valence-electron chi connectivity index (χ0n) is 12.5. The lowest BCUT2D eigenvalue weighted by molar-refractivity contribution is 0.102. The lowest BCUT2D eigenvalue weighted by Crippen LogP contribution is -2.14. The Balaban J connectivity index is 1.96. The van der Waals surface area contributed by atoms with Gasteiger partial charge in [-0.25, -0.2) is 0 Å². The second kappa shape index (κ2) is 5.85. The predicted octanol–water partition coefficient (Wildman–Crippen LogP) is 3.80. The van der Waals surface area contributed by atoms with Gasteiger partial charge in [0.15, 0.2) is 0 Å². The highest BCUT2D eigenvalue weighted by molar-refractivity contribution is 6.06. The number of rotatable bonds is 3. The molecule has 1 amide bonds. The van der Waals surface area contributed by atoms with Gasteiger partial charge >= 0.3 is 0 Å². The average molecular weight is 292 g/mol. The molecule has 0 saturated carbocycles. The summed E-state index contributed by atoms with van der Waals surface area (Å²) < 4.78 is 5.20. The zero-order valence-corrected chi connectivity index (χ0v) is 12.5. The maximum absolute atomic E-state index is 12.4. The summed E-state index contributed by atoms with van der Waals surface area (Å²) in [6, 6.07) is 16.9. The van der Waals surface area contributed by atoms with Crippen molar-refractivity contribution in [2.45, 2.75) is 6.92 Å². The van der Waals surface area contributed by atoms with E-state index in [0.29, 0.717) is 11.3 Å². The smallest absolute Gasteiger partial charge is 0.257 e. The van der Waals surface area contributed by atoms with E-state index in [1.807, 2.05) is 61.5 Å². The summed E-state index contributed by atoms with van der Waals surface area (Å²) in [6.45, 7) is 1.83. The quantitative estimate of drug-likeness (QED) is 0.798. The molecular weight excluding hydrogens is 276 g/mol. The molecule has 2 aromatic carbocycles. The van der Waals surface area contributed by atoms with E-state index in [4.69, 9.17) is 4.74 Å². The first-order valence-corrected chi connectivity index (χ1v) is 6.99. The van der Waals surface area contributed by atoms with E-state index in [-0.39, 0.29) is 5.91 Å². The Morgan fingerprint density at radius 2 is 1.86 bits per heavy atom. The number of pyridine rings is 1. The number of nitrogens with one attached hydrogen (secondary N) is 1. The van der Waals surface area contributed by atoms with E-state index in [9.17, 15) is 4.79 Å².